The van der Waals surface area contributed by atoms with Crippen molar-refractivity contribution in [2.45, 2.75) is 19.9 Å². The maximum absolute atomic E-state index is 12.7. The van der Waals surface area contributed by atoms with Crippen LogP contribution in [0.15, 0.2) is 64.8 Å². The zero-order chi connectivity index (χ0) is 20.1. The van der Waals surface area contributed by atoms with Gasteiger partial charge >= 0.3 is 5.97 Å². The van der Waals surface area contributed by atoms with Crippen molar-refractivity contribution in [1.29, 1.82) is 0 Å². The van der Waals surface area contributed by atoms with Gasteiger partial charge in [0.2, 0.25) is 0 Å². The van der Waals surface area contributed by atoms with Gasteiger partial charge < -0.3 is 19.5 Å². The number of aliphatic imine (C=N–C) groups is 1. The van der Waals surface area contributed by atoms with Crippen LogP contribution in [-0.2, 0) is 9.53 Å². The van der Waals surface area contributed by atoms with Gasteiger partial charge in [0.25, 0.3) is 0 Å². The Kier molecular flexibility index (Phi) is 7.67. The molecule has 0 saturated carbocycles. The standard InChI is InChI=1S/C22H24N2O4.ClH/c1-5-28-22(25)19-14(2)23-21(15-9-7-6-8-10-15)24-20(19)16-11-12-17(26-3)18(13-16)27-4;/h6-13,20H,5H2,1-4H3,(H,23,24);1H. The van der Waals surface area contributed by atoms with Gasteiger partial charge in [-0.05, 0) is 31.5 Å². The molecule has 2 aromatic rings. The number of methoxy groups -OCH3 is 2. The summed E-state index contributed by atoms with van der Waals surface area (Å²) in [6.45, 7) is 3.94. The number of nitrogens with zero attached hydrogens (tertiary/aromatic N) is 1. The van der Waals surface area contributed by atoms with E-state index in [1.165, 1.54) is 0 Å². The Morgan fingerprint density at radius 3 is 2.38 bits per heavy atom. The first-order valence-corrected chi connectivity index (χ1v) is 9.09. The molecule has 1 heterocycles. The number of halogens is 1. The zero-order valence-electron chi connectivity index (χ0n) is 16.9. The lowest BCUT2D eigenvalue weighted by Crippen LogP contribution is -2.32. The molecule has 0 aliphatic carbocycles. The number of carbonyl (C=O) groups excluding carboxylic acids is 1. The molecule has 0 saturated heterocycles. The number of esters is 1. The molecule has 1 N–H and O–H groups in total. The number of ether oxygens (including phenoxy) is 3. The Balaban J connectivity index is 0.00000300. The van der Waals surface area contributed by atoms with Crippen LogP contribution in [0, 0.1) is 0 Å². The molecule has 0 bridgehead atoms. The third kappa shape index (κ3) is 4.71. The van der Waals surface area contributed by atoms with Gasteiger partial charge in [0, 0.05) is 11.3 Å². The summed E-state index contributed by atoms with van der Waals surface area (Å²) in [7, 11) is 3.16. The van der Waals surface area contributed by atoms with Gasteiger partial charge in [-0.25, -0.2) is 4.79 Å². The molecule has 7 heteroatoms. The van der Waals surface area contributed by atoms with Gasteiger partial charge in [-0.2, -0.15) is 0 Å². The second-order valence-electron chi connectivity index (χ2n) is 6.24. The molecule has 1 unspecified atom stereocenters. The summed E-state index contributed by atoms with van der Waals surface area (Å²) in [5.41, 5.74) is 2.95. The Morgan fingerprint density at radius 1 is 1.07 bits per heavy atom. The highest BCUT2D eigenvalue weighted by atomic mass is 35.5. The average Bonchev–Trinajstić information content (AvgIpc) is 2.73. The zero-order valence-corrected chi connectivity index (χ0v) is 17.7. The minimum atomic E-state index is -0.518. The second kappa shape index (κ2) is 9.98. The van der Waals surface area contributed by atoms with Gasteiger partial charge in [-0.3, -0.25) is 4.99 Å². The smallest absolute Gasteiger partial charge is 0.338 e. The normalized spacial score (nSPS) is 15.6. The summed E-state index contributed by atoms with van der Waals surface area (Å²) in [5.74, 6) is 1.51. The van der Waals surface area contributed by atoms with Crippen molar-refractivity contribution in [2.24, 2.45) is 4.99 Å². The Labute approximate surface area is 177 Å². The highest BCUT2D eigenvalue weighted by Crippen LogP contribution is 2.37. The van der Waals surface area contributed by atoms with E-state index in [9.17, 15) is 4.79 Å². The van der Waals surface area contributed by atoms with Gasteiger partial charge in [-0.15, -0.1) is 12.4 Å². The fourth-order valence-electron chi connectivity index (χ4n) is 3.16. The fourth-order valence-corrected chi connectivity index (χ4v) is 3.16. The highest BCUT2D eigenvalue weighted by molar-refractivity contribution is 6.03. The molecular weight excluding hydrogens is 392 g/mol. The molecular formula is C22H25ClN2O4. The van der Waals surface area contributed by atoms with Crippen LogP contribution in [-0.4, -0.2) is 32.6 Å². The van der Waals surface area contributed by atoms with E-state index in [-0.39, 0.29) is 18.4 Å². The van der Waals surface area contributed by atoms with E-state index in [1.807, 2.05) is 55.5 Å². The summed E-state index contributed by atoms with van der Waals surface area (Å²) in [5, 5.41) is 3.25. The van der Waals surface area contributed by atoms with Crippen LogP contribution >= 0.6 is 12.4 Å². The number of benzene rings is 2. The lowest BCUT2D eigenvalue weighted by atomic mass is 9.95. The maximum Gasteiger partial charge on any atom is 0.338 e. The first-order chi connectivity index (χ1) is 13.6. The molecule has 1 aliphatic heterocycles. The van der Waals surface area contributed by atoms with Crippen LogP contribution in [0.2, 0.25) is 0 Å². The van der Waals surface area contributed by atoms with Gasteiger partial charge in [0.05, 0.1) is 26.4 Å². The monoisotopic (exact) mass is 416 g/mol. The van der Waals surface area contributed by atoms with Crippen molar-refractivity contribution >= 4 is 24.2 Å². The van der Waals surface area contributed by atoms with Gasteiger partial charge in [-0.1, -0.05) is 36.4 Å². The maximum atomic E-state index is 12.7. The van der Waals surface area contributed by atoms with E-state index >= 15 is 0 Å². The van der Waals surface area contributed by atoms with E-state index in [2.05, 4.69) is 5.32 Å². The molecule has 29 heavy (non-hydrogen) atoms. The largest absolute Gasteiger partial charge is 0.493 e. The highest BCUT2D eigenvalue weighted by Gasteiger charge is 2.31. The van der Waals surface area contributed by atoms with Crippen LogP contribution in [0.5, 0.6) is 11.5 Å². The van der Waals surface area contributed by atoms with E-state index in [0.717, 1.165) is 11.1 Å². The van der Waals surface area contributed by atoms with E-state index in [4.69, 9.17) is 19.2 Å². The third-order valence-corrected chi connectivity index (χ3v) is 4.51. The first-order valence-electron chi connectivity index (χ1n) is 9.09. The molecule has 6 nitrogen and oxygen atoms in total. The Hall–Kier alpha value is -2.99. The van der Waals surface area contributed by atoms with E-state index in [1.54, 1.807) is 21.1 Å². The topological polar surface area (TPSA) is 69.2 Å². The van der Waals surface area contributed by atoms with Crippen molar-refractivity contribution in [1.82, 2.24) is 5.32 Å². The third-order valence-electron chi connectivity index (χ3n) is 4.51. The minimum absolute atomic E-state index is 0. The number of amidine groups is 1. The second-order valence-corrected chi connectivity index (χ2v) is 6.24. The van der Waals surface area contributed by atoms with E-state index in [0.29, 0.717) is 35.2 Å². The molecule has 0 fully saturated rings. The molecule has 2 aromatic carbocycles. The Morgan fingerprint density at radius 2 is 1.76 bits per heavy atom. The predicted molar refractivity (Wildman–Crippen MR) is 115 cm³/mol. The number of rotatable bonds is 6. The summed E-state index contributed by atoms with van der Waals surface area (Å²) in [6.07, 6.45) is 0. The molecule has 3 rings (SSSR count). The summed E-state index contributed by atoms with van der Waals surface area (Å²) in [4.78, 5) is 17.5. The molecule has 0 radical (unpaired) electrons. The van der Waals surface area contributed by atoms with Crippen molar-refractivity contribution in [3.63, 3.8) is 0 Å². The Bertz CT molecular complexity index is 926. The van der Waals surface area contributed by atoms with Crippen molar-refractivity contribution in [2.75, 3.05) is 20.8 Å². The van der Waals surface area contributed by atoms with Crippen molar-refractivity contribution in [3.8, 4) is 11.5 Å². The van der Waals surface area contributed by atoms with Gasteiger partial charge in [0.15, 0.2) is 11.5 Å². The quantitative estimate of drug-likeness (QED) is 0.719. The average molecular weight is 417 g/mol. The number of allylic oxidation sites excluding steroid dienone is 1. The van der Waals surface area contributed by atoms with Crippen molar-refractivity contribution in [3.05, 3.63) is 70.9 Å². The minimum Gasteiger partial charge on any atom is -0.493 e. The SMILES string of the molecule is CCOC(=O)C1=C(C)NC(c2ccccc2)=NC1c1ccc(OC)c(OC)c1.Cl. The lowest BCUT2D eigenvalue weighted by molar-refractivity contribution is -0.138. The predicted octanol–water partition coefficient (Wildman–Crippen LogP) is 4.05. The summed E-state index contributed by atoms with van der Waals surface area (Å²) < 4.78 is 16.0. The van der Waals surface area contributed by atoms with Crippen LogP contribution < -0.4 is 14.8 Å². The summed E-state index contributed by atoms with van der Waals surface area (Å²) >= 11 is 0. The van der Waals surface area contributed by atoms with Crippen LogP contribution in [0.3, 0.4) is 0 Å². The van der Waals surface area contributed by atoms with E-state index < -0.39 is 6.04 Å². The number of carbonyl (C=O) groups is 1. The molecule has 154 valence electrons. The lowest BCUT2D eigenvalue weighted by Gasteiger charge is -2.26. The number of hydrogen-bond donors (Lipinski definition) is 1. The molecule has 0 aromatic heterocycles. The molecule has 1 atom stereocenters. The van der Waals surface area contributed by atoms with Crippen LogP contribution in [0.25, 0.3) is 0 Å². The first kappa shape index (κ1) is 22.3. The molecule has 0 amide bonds. The van der Waals surface area contributed by atoms with Crippen LogP contribution in [0.1, 0.15) is 31.0 Å². The van der Waals surface area contributed by atoms with Crippen molar-refractivity contribution < 1.29 is 19.0 Å². The summed E-state index contributed by atoms with van der Waals surface area (Å²) in [6, 6.07) is 14.8. The molecule has 0 spiro atoms. The van der Waals surface area contributed by atoms with Crippen LogP contribution in [0.4, 0.5) is 0 Å². The number of hydrogen-bond acceptors (Lipinski definition) is 6. The molecule has 1 aliphatic rings. The number of nitrogens with one attached hydrogen (secondary N) is 1. The van der Waals surface area contributed by atoms with Gasteiger partial charge in [0.1, 0.15) is 11.9 Å². The fraction of sp³-hybridized carbons (Fsp3) is 0.273.